The minimum atomic E-state index is -0.0301. The lowest BCUT2D eigenvalue weighted by Gasteiger charge is -2.07. The summed E-state index contributed by atoms with van der Waals surface area (Å²) in [5.41, 5.74) is 1.64. The third kappa shape index (κ3) is 4.73. The van der Waals surface area contributed by atoms with Crippen LogP contribution in [0.5, 0.6) is 5.75 Å². The van der Waals surface area contributed by atoms with Crippen LogP contribution in [-0.4, -0.2) is 27.7 Å². The number of ether oxygens (including phenoxy) is 1. The van der Waals surface area contributed by atoms with E-state index in [1.807, 2.05) is 54.6 Å². The predicted octanol–water partition coefficient (Wildman–Crippen LogP) is 4.15. The van der Waals surface area contributed by atoms with E-state index in [0.717, 1.165) is 22.8 Å². The number of aromatic nitrogens is 3. The van der Waals surface area contributed by atoms with E-state index in [-0.39, 0.29) is 5.91 Å². The van der Waals surface area contributed by atoms with E-state index < -0.39 is 0 Å². The van der Waals surface area contributed by atoms with Gasteiger partial charge in [0.1, 0.15) is 11.6 Å². The number of benzene rings is 2. The summed E-state index contributed by atoms with van der Waals surface area (Å²) in [5, 5.41) is 10.2. The Hall–Kier alpha value is -3.15. The molecule has 1 heterocycles. The first-order chi connectivity index (χ1) is 13.3. The van der Waals surface area contributed by atoms with E-state index in [1.54, 1.807) is 0 Å². The number of nitrogens with one attached hydrogen (secondary N) is 2. The fourth-order valence-corrected chi connectivity index (χ4v) is 2.84. The molecule has 2 N–H and O–H groups in total. The third-order valence-corrected chi connectivity index (χ3v) is 4.43. The zero-order valence-corrected chi connectivity index (χ0v) is 15.0. The molecular formula is C21H22N4O2. The minimum Gasteiger partial charge on any atom is -0.494 e. The average molecular weight is 362 g/mol. The van der Waals surface area contributed by atoms with Crippen molar-refractivity contribution < 1.29 is 9.53 Å². The van der Waals surface area contributed by atoms with Crippen LogP contribution < -0.4 is 10.1 Å². The highest BCUT2D eigenvalue weighted by Crippen LogP contribution is 2.38. The van der Waals surface area contributed by atoms with E-state index in [0.29, 0.717) is 31.2 Å². The number of anilines is 1. The average Bonchev–Trinajstić information content (AvgIpc) is 3.43. The van der Waals surface area contributed by atoms with Gasteiger partial charge in [-0.15, -0.1) is 0 Å². The van der Waals surface area contributed by atoms with Crippen LogP contribution in [-0.2, 0) is 4.79 Å². The van der Waals surface area contributed by atoms with Crippen molar-refractivity contribution in [1.82, 2.24) is 15.2 Å². The molecule has 0 atom stereocenters. The number of hydrogen-bond donors (Lipinski definition) is 2. The number of amides is 1. The van der Waals surface area contributed by atoms with E-state index >= 15 is 0 Å². The predicted molar refractivity (Wildman–Crippen MR) is 104 cm³/mol. The monoisotopic (exact) mass is 362 g/mol. The van der Waals surface area contributed by atoms with Crippen molar-refractivity contribution in [2.75, 3.05) is 11.9 Å². The molecule has 0 radical (unpaired) electrons. The summed E-state index contributed by atoms with van der Waals surface area (Å²) in [7, 11) is 0. The van der Waals surface area contributed by atoms with Crippen LogP contribution in [0.3, 0.4) is 0 Å². The summed E-state index contributed by atoms with van der Waals surface area (Å²) in [6.45, 7) is 0.513. The SMILES string of the molecule is O=C(CCCOc1ccccc1)Nc1cccc(-c2n[nH]c(C3CC3)n2)c1. The largest absolute Gasteiger partial charge is 0.494 e. The van der Waals surface area contributed by atoms with E-state index in [2.05, 4.69) is 20.5 Å². The van der Waals surface area contributed by atoms with Crippen LogP contribution in [0.1, 0.15) is 37.4 Å². The maximum atomic E-state index is 12.2. The molecule has 0 aliphatic heterocycles. The van der Waals surface area contributed by atoms with Crippen molar-refractivity contribution in [2.24, 2.45) is 0 Å². The quantitative estimate of drug-likeness (QED) is 0.590. The molecule has 138 valence electrons. The van der Waals surface area contributed by atoms with Crippen molar-refractivity contribution >= 4 is 11.6 Å². The molecule has 1 aromatic heterocycles. The van der Waals surface area contributed by atoms with E-state index in [9.17, 15) is 4.79 Å². The second-order valence-electron chi connectivity index (χ2n) is 6.71. The standard InChI is InChI=1S/C21H22N4O2/c26-19(10-5-13-27-18-8-2-1-3-9-18)22-17-7-4-6-16(14-17)21-23-20(24-25-21)15-11-12-15/h1-4,6-9,14-15H,5,10-13H2,(H,22,26)(H,23,24,25). The Morgan fingerprint density at radius 2 is 2.00 bits per heavy atom. The van der Waals surface area contributed by atoms with Crippen molar-refractivity contribution in [3.63, 3.8) is 0 Å². The number of para-hydroxylation sites is 1. The highest BCUT2D eigenvalue weighted by Gasteiger charge is 2.27. The van der Waals surface area contributed by atoms with Crippen LogP contribution in [0.25, 0.3) is 11.4 Å². The molecule has 1 amide bonds. The summed E-state index contributed by atoms with van der Waals surface area (Å²) < 4.78 is 5.61. The Labute approximate surface area is 158 Å². The maximum Gasteiger partial charge on any atom is 0.224 e. The van der Waals surface area contributed by atoms with Crippen LogP contribution in [0.15, 0.2) is 54.6 Å². The highest BCUT2D eigenvalue weighted by atomic mass is 16.5. The van der Waals surface area contributed by atoms with Crippen LogP contribution >= 0.6 is 0 Å². The van der Waals surface area contributed by atoms with Crippen LogP contribution in [0, 0.1) is 0 Å². The van der Waals surface area contributed by atoms with Gasteiger partial charge in [-0.05, 0) is 43.5 Å². The van der Waals surface area contributed by atoms with E-state index in [4.69, 9.17) is 4.74 Å². The summed E-state index contributed by atoms with van der Waals surface area (Å²) in [4.78, 5) is 16.7. The third-order valence-electron chi connectivity index (χ3n) is 4.43. The molecular weight excluding hydrogens is 340 g/mol. The van der Waals surface area contributed by atoms with Gasteiger partial charge in [-0.2, -0.15) is 5.10 Å². The molecule has 0 bridgehead atoms. The maximum absolute atomic E-state index is 12.2. The molecule has 0 spiro atoms. The van der Waals surface area contributed by atoms with Gasteiger partial charge >= 0.3 is 0 Å². The number of carbonyl (C=O) groups excluding carboxylic acids is 1. The van der Waals surface area contributed by atoms with Gasteiger partial charge in [0.2, 0.25) is 5.91 Å². The number of H-pyrrole nitrogens is 1. The first-order valence-corrected chi connectivity index (χ1v) is 9.28. The van der Waals surface area contributed by atoms with Gasteiger partial charge in [0, 0.05) is 23.6 Å². The second-order valence-corrected chi connectivity index (χ2v) is 6.71. The van der Waals surface area contributed by atoms with Gasteiger partial charge in [-0.1, -0.05) is 30.3 Å². The molecule has 6 nitrogen and oxygen atoms in total. The van der Waals surface area contributed by atoms with Crippen LogP contribution in [0.4, 0.5) is 5.69 Å². The van der Waals surface area contributed by atoms with Gasteiger partial charge in [0.15, 0.2) is 5.82 Å². The Kier molecular flexibility index (Phi) is 5.14. The summed E-state index contributed by atoms with van der Waals surface area (Å²) in [6, 6.07) is 17.2. The molecule has 27 heavy (non-hydrogen) atoms. The number of rotatable bonds is 8. The minimum absolute atomic E-state index is 0.0301. The first-order valence-electron chi connectivity index (χ1n) is 9.28. The van der Waals surface area contributed by atoms with Crippen molar-refractivity contribution in [2.45, 2.75) is 31.6 Å². The molecule has 2 aromatic carbocycles. The smallest absolute Gasteiger partial charge is 0.224 e. The molecule has 1 saturated carbocycles. The van der Waals surface area contributed by atoms with Crippen LogP contribution in [0.2, 0.25) is 0 Å². The fourth-order valence-electron chi connectivity index (χ4n) is 2.84. The topological polar surface area (TPSA) is 79.9 Å². The lowest BCUT2D eigenvalue weighted by atomic mass is 10.2. The first kappa shape index (κ1) is 17.3. The molecule has 4 rings (SSSR count). The van der Waals surface area contributed by atoms with Crippen molar-refractivity contribution in [3.8, 4) is 17.1 Å². The summed E-state index contributed by atoms with van der Waals surface area (Å²) in [5.74, 6) is 2.95. The number of hydrogen-bond acceptors (Lipinski definition) is 4. The fraction of sp³-hybridized carbons (Fsp3) is 0.286. The number of aromatic amines is 1. The number of carbonyl (C=O) groups is 1. The van der Waals surface area contributed by atoms with Gasteiger partial charge in [0.25, 0.3) is 0 Å². The number of nitrogens with zero attached hydrogens (tertiary/aromatic N) is 2. The van der Waals surface area contributed by atoms with Crippen molar-refractivity contribution in [1.29, 1.82) is 0 Å². The van der Waals surface area contributed by atoms with Gasteiger partial charge in [0.05, 0.1) is 6.61 Å². The van der Waals surface area contributed by atoms with Gasteiger partial charge in [-0.3, -0.25) is 9.89 Å². The normalized spacial score (nSPS) is 13.3. The molecule has 1 aliphatic rings. The van der Waals surface area contributed by atoms with Gasteiger partial charge in [-0.25, -0.2) is 4.98 Å². The van der Waals surface area contributed by atoms with Crippen molar-refractivity contribution in [3.05, 3.63) is 60.4 Å². The molecule has 0 unspecified atom stereocenters. The molecule has 3 aromatic rings. The lowest BCUT2D eigenvalue weighted by molar-refractivity contribution is -0.116. The molecule has 0 saturated heterocycles. The molecule has 1 aliphatic carbocycles. The van der Waals surface area contributed by atoms with E-state index in [1.165, 1.54) is 12.8 Å². The van der Waals surface area contributed by atoms with Gasteiger partial charge < -0.3 is 10.1 Å². The Balaban J connectivity index is 1.27. The zero-order valence-electron chi connectivity index (χ0n) is 15.0. The highest BCUT2D eigenvalue weighted by molar-refractivity contribution is 5.91. The zero-order chi connectivity index (χ0) is 18.5. The molecule has 6 heteroatoms. The second kappa shape index (κ2) is 8.03. The lowest BCUT2D eigenvalue weighted by Crippen LogP contribution is -2.12. The Bertz CT molecular complexity index is 903. The summed E-state index contributed by atoms with van der Waals surface area (Å²) in [6.07, 6.45) is 3.42. The Morgan fingerprint density at radius 3 is 2.81 bits per heavy atom. The molecule has 1 fully saturated rings. The Morgan fingerprint density at radius 1 is 1.15 bits per heavy atom. The summed E-state index contributed by atoms with van der Waals surface area (Å²) >= 11 is 0.